The van der Waals surface area contributed by atoms with Gasteiger partial charge in [0, 0.05) is 19.6 Å². The molecule has 1 saturated heterocycles. The second-order valence-electron chi connectivity index (χ2n) is 4.95. The molecular weight excluding hydrogens is 246 g/mol. The molecular formula is C13H21N3O3. The Bertz CT molecular complexity index is 378. The smallest absolute Gasteiger partial charge is 0.326 e. The number of nitriles is 1. The van der Waals surface area contributed by atoms with Crippen molar-refractivity contribution in [2.24, 2.45) is 5.92 Å². The highest BCUT2D eigenvalue weighted by Gasteiger charge is 2.36. The van der Waals surface area contributed by atoms with E-state index >= 15 is 0 Å². The zero-order valence-corrected chi connectivity index (χ0v) is 11.5. The fraction of sp³-hybridized carbons (Fsp3) is 0.769. The Morgan fingerprint density at radius 2 is 2.21 bits per heavy atom. The Balaban J connectivity index is 2.77. The Labute approximate surface area is 113 Å². The Morgan fingerprint density at radius 3 is 2.74 bits per heavy atom. The van der Waals surface area contributed by atoms with E-state index in [9.17, 15) is 14.7 Å². The summed E-state index contributed by atoms with van der Waals surface area (Å²) in [5, 5.41) is 17.8. The number of nitrogens with zero attached hydrogens (tertiary/aromatic N) is 3. The lowest BCUT2D eigenvalue weighted by Crippen LogP contribution is -2.54. The van der Waals surface area contributed by atoms with Crippen molar-refractivity contribution in [1.29, 1.82) is 5.26 Å². The third kappa shape index (κ3) is 3.85. The number of carbonyl (C=O) groups is 2. The summed E-state index contributed by atoms with van der Waals surface area (Å²) >= 11 is 0. The van der Waals surface area contributed by atoms with Crippen LogP contribution in [0.15, 0.2) is 0 Å². The second kappa shape index (κ2) is 6.98. The molecule has 0 radical (unpaired) electrons. The molecule has 0 aromatic rings. The Hall–Kier alpha value is -1.77. The fourth-order valence-corrected chi connectivity index (χ4v) is 2.36. The normalized spacial score (nSPS) is 22.7. The number of hydrogen-bond acceptors (Lipinski definition) is 3. The van der Waals surface area contributed by atoms with Gasteiger partial charge in [0.25, 0.3) is 0 Å². The predicted molar refractivity (Wildman–Crippen MR) is 69.4 cm³/mol. The molecule has 2 atom stereocenters. The molecule has 2 unspecified atom stereocenters. The topological polar surface area (TPSA) is 84.6 Å². The van der Waals surface area contributed by atoms with Crippen LogP contribution in [0.1, 0.15) is 33.1 Å². The summed E-state index contributed by atoms with van der Waals surface area (Å²) < 4.78 is 0. The molecule has 1 aliphatic heterocycles. The molecule has 0 aromatic heterocycles. The first-order valence-corrected chi connectivity index (χ1v) is 6.66. The maximum atomic E-state index is 12.3. The van der Waals surface area contributed by atoms with Gasteiger partial charge in [-0.25, -0.2) is 9.59 Å². The highest BCUT2D eigenvalue weighted by atomic mass is 16.4. The minimum atomic E-state index is -0.948. The van der Waals surface area contributed by atoms with E-state index in [2.05, 4.69) is 0 Å². The van der Waals surface area contributed by atoms with Crippen molar-refractivity contribution >= 4 is 12.0 Å². The third-order valence-corrected chi connectivity index (χ3v) is 3.54. The summed E-state index contributed by atoms with van der Waals surface area (Å²) in [4.78, 5) is 26.6. The lowest BCUT2D eigenvalue weighted by atomic mass is 9.92. The summed E-state index contributed by atoms with van der Waals surface area (Å²) in [6.07, 6.45) is 1.59. The van der Waals surface area contributed by atoms with Crippen LogP contribution in [0.4, 0.5) is 4.79 Å². The molecule has 6 heteroatoms. The van der Waals surface area contributed by atoms with Crippen LogP contribution in [0.3, 0.4) is 0 Å². The van der Waals surface area contributed by atoms with Crippen LogP contribution in [0.5, 0.6) is 0 Å². The monoisotopic (exact) mass is 267 g/mol. The number of aliphatic carboxylic acids is 1. The van der Waals surface area contributed by atoms with Gasteiger partial charge in [0.2, 0.25) is 0 Å². The lowest BCUT2D eigenvalue weighted by Gasteiger charge is -2.38. The maximum Gasteiger partial charge on any atom is 0.326 e. The first kappa shape index (κ1) is 15.3. The molecule has 1 aliphatic rings. The first-order chi connectivity index (χ1) is 9.01. The van der Waals surface area contributed by atoms with E-state index in [0.717, 1.165) is 6.42 Å². The van der Waals surface area contributed by atoms with Gasteiger partial charge in [-0.3, -0.25) is 0 Å². The van der Waals surface area contributed by atoms with Gasteiger partial charge in [0.15, 0.2) is 0 Å². The zero-order valence-electron chi connectivity index (χ0n) is 11.5. The second-order valence-corrected chi connectivity index (χ2v) is 4.95. The van der Waals surface area contributed by atoms with Crippen LogP contribution in [0.2, 0.25) is 0 Å². The number of carbonyl (C=O) groups excluding carboxylic acids is 1. The highest BCUT2D eigenvalue weighted by molar-refractivity contribution is 5.83. The molecule has 19 heavy (non-hydrogen) atoms. The molecule has 6 nitrogen and oxygen atoms in total. The summed E-state index contributed by atoms with van der Waals surface area (Å²) in [6, 6.07) is 0.993. The molecule has 0 aliphatic carbocycles. The van der Waals surface area contributed by atoms with Crippen molar-refractivity contribution in [1.82, 2.24) is 9.80 Å². The first-order valence-electron chi connectivity index (χ1n) is 6.66. The summed E-state index contributed by atoms with van der Waals surface area (Å²) in [7, 11) is 0. The number of hydrogen-bond donors (Lipinski definition) is 1. The number of carboxylic acids is 1. The van der Waals surface area contributed by atoms with Crippen LogP contribution in [-0.4, -0.2) is 52.6 Å². The van der Waals surface area contributed by atoms with Crippen LogP contribution in [-0.2, 0) is 4.79 Å². The van der Waals surface area contributed by atoms with Crippen molar-refractivity contribution < 1.29 is 14.7 Å². The van der Waals surface area contributed by atoms with Gasteiger partial charge in [-0.05, 0) is 25.7 Å². The van der Waals surface area contributed by atoms with Crippen molar-refractivity contribution in [3.05, 3.63) is 0 Å². The van der Waals surface area contributed by atoms with Gasteiger partial charge in [-0.15, -0.1) is 0 Å². The predicted octanol–water partition coefficient (Wildman–Crippen LogP) is 1.53. The van der Waals surface area contributed by atoms with Gasteiger partial charge >= 0.3 is 12.0 Å². The lowest BCUT2D eigenvalue weighted by molar-refractivity contribution is -0.144. The molecule has 1 heterocycles. The molecule has 1 rings (SSSR count). The van der Waals surface area contributed by atoms with Crippen LogP contribution in [0.25, 0.3) is 0 Å². The van der Waals surface area contributed by atoms with E-state index in [1.165, 1.54) is 9.80 Å². The average Bonchev–Trinajstić information content (AvgIpc) is 2.39. The third-order valence-electron chi connectivity index (χ3n) is 3.54. The van der Waals surface area contributed by atoms with E-state index in [-0.39, 0.29) is 12.5 Å². The number of likely N-dealkylation sites (tertiary alicyclic amines) is 1. The van der Waals surface area contributed by atoms with Crippen molar-refractivity contribution in [3.63, 3.8) is 0 Å². The van der Waals surface area contributed by atoms with Gasteiger partial charge in [-0.2, -0.15) is 5.26 Å². The number of rotatable bonds is 4. The van der Waals surface area contributed by atoms with Crippen LogP contribution >= 0.6 is 0 Å². The van der Waals surface area contributed by atoms with E-state index in [4.69, 9.17) is 5.26 Å². The minimum absolute atomic E-state index is 0.265. The van der Waals surface area contributed by atoms with E-state index in [1.807, 2.05) is 19.9 Å². The van der Waals surface area contributed by atoms with Gasteiger partial charge in [0.05, 0.1) is 12.5 Å². The molecule has 0 aromatic carbocycles. The molecule has 1 fully saturated rings. The fourth-order valence-electron chi connectivity index (χ4n) is 2.36. The molecule has 1 N–H and O–H groups in total. The number of amides is 2. The van der Waals surface area contributed by atoms with Gasteiger partial charge < -0.3 is 14.9 Å². The average molecular weight is 267 g/mol. The van der Waals surface area contributed by atoms with E-state index in [0.29, 0.717) is 32.0 Å². The zero-order chi connectivity index (χ0) is 14.4. The Morgan fingerprint density at radius 1 is 1.53 bits per heavy atom. The number of urea groups is 1. The molecule has 0 saturated carbocycles. The highest BCUT2D eigenvalue weighted by Crippen LogP contribution is 2.23. The van der Waals surface area contributed by atoms with Gasteiger partial charge in [0.1, 0.15) is 6.04 Å². The summed E-state index contributed by atoms with van der Waals surface area (Å²) in [5.41, 5.74) is 0. The maximum absolute atomic E-state index is 12.3. The molecule has 2 amide bonds. The Kier molecular flexibility index (Phi) is 5.61. The summed E-state index contributed by atoms with van der Waals surface area (Å²) in [5.74, 6) is -0.629. The standard InChI is InChI=1S/C13H21N3O3/c1-3-15(7-4-6-14)13(19)16-8-5-10(2)9-11(16)12(17)18/h10-11H,3-5,7-9H2,1-2H3,(H,17,18). The van der Waals surface area contributed by atoms with E-state index in [1.54, 1.807) is 0 Å². The number of carboxylic acid groups (broad SMARTS) is 1. The molecule has 106 valence electrons. The quantitative estimate of drug-likeness (QED) is 0.837. The van der Waals surface area contributed by atoms with Crippen LogP contribution in [0, 0.1) is 17.2 Å². The van der Waals surface area contributed by atoms with Crippen LogP contribution < -0.4 is 0 Å². The largest absolute Gasteiger partial charge is 0.480 e. The van der Waals surface area contributed by atoms with Crippen molar-refractivity contribution in [2.45, 2.75) is 39.2 Å². The molecule has 0 spiro atoms. The van der Waals surface area contributed by atoms with E-state index < -0.39 is 12.0 Å². The number of piperidine rings is 1. The minimum Gasteiger partial charge on any atom is -0.480 e. The van der Waals surface area contributed by atoms with Crippen molar-refractivity contribution in [2.75, 3.05) is 19.6 Å². The van der Waals surface area contributed by atoms with Gasteiger partial charge in [-0.1, -0.05) is 6.92 Å². The molecule has 0 bridgehead atoms. The summed E-state index contributed by atoms with van der Waals surface area (Å²) in [6.45, 7) is 5.14. The SMILES string of the molecule is CCN(CCC#N)C(=O)N1CCC(C)CC1C(=O)O. The van der Waals surface area contributed by atoms with Crippen molar-refractivity contribution in [3.8, 4) is 6.07 Å².